The molecule has 0 aliphatic heterocycles. The molecule has 0 bridgehead atoms. The molecule has 2 nitrogen and oxygen atoms in total. The third kappa shape index (κ3) is 1.74. The zero-order valence-corrected chi connectivity index (χ0v) is 7.51. The molecule has 0 radical (unpaired) electrons. The summed E-state index contributed by atoms with van der Waals surface area (Å²) < 4.78 is 0. The Balaban J connectivity index is 2.46. The summed E-state index contributed by atoms with van der Waals surface area (Å²) in [4.78, 5) is 0. The second kappa shape index (κ2) is 3.11. The van der Waals surface area contributed by atoms with Crippen LogP contribution in [0, 0.1) is 11.8 Å². The molecule has 1 fully saturated rings. The number of nitrogens with two attached hydrogens (primary N) is 1. The van der Waals surface area contributed by atoms with Gasteiger partial charge in [-0.05, 0) is 31.1 Å². The van der Waals surface area contributed by atoms with E-state index in [9.17, 15) is 0 Å². The maximum atomic E-state index is 8.82. The highest BCUT2D eigenvalue weighted by Gasteiger charge is 2.46. The van der Waals surface area contributed by atoms with Crippen LogP contribution in [-0.2, 0) is 0 Å². The summed E-state index contributed by atoms with van der Waals surface area (Å²) in [7, 11) is 0. The highest BCUT2D eigenvalue weighted by Crippen LogP contribution is 2.47. The largest absolute Gasteiger partial charge is 0.396 e. The van der Waals surface area contributed by atoms with Crippen LogP contribution in [0.4, 0.5) is 0 Å². The molecule has 0 aromatic rings. The standard InChI is InChI=1S/C9H19NO/c1-3-9(10,4-5-11)8-6-7(8)2/h7-8,11H,3-6,10H2,1-2H3. The first-order valence-corrected chi connectivity index (χ1v) is 4.53. The summed E-state index contributed by atoms with van der Waals surface area (Å²) >= 11 is 0. The number of hydrogen-bond acceptors (Lipinski definition) is 2. The van der Waals surface area contributed by atoms with Crippen LogP contribution in [0.15, 0.2) is 0 Å². The first kappa shape index (κ1) is 9.01. The lowest BCUT2D eigenvalue weighted by Gasteiger charge is -2.27. The molecule has 0 spiro atoms. The van der Waals surface area contributed by atoms with Gasteiger partial charge in [-0.15, -0.1) is 0 Å². The van der Waals surface area contributed by atoms with Crippen molar-refractivity contribution in [2.24, 2.45) is 17.6 Å². The Morgan fingerprint density at radius 1 is 1.64 bits per heavy atom. The molecule has 11 heavy (non-hydrogen) atoms. The quantitative estimate of drug-likeness (QED) is 0.642. The predicted molar refractivity (Wildman–Crippen MR) is 46.2 cm³/mol. The van der Waals surface area contributed by atoms with Crippen molar-refractivity contribution < 1.29 is 5.11 Å². The van der Waals surface area contributed by atoms with Gasteiger partial charge in [0, 0.05) is 12.1 Å². The van der Waals surface area contributed by atoms with Crippen molar-refractivity contribution in [1.82, 2.24) is 0 Å². The zero-order valence-electron chi connectivity index (χ0n) is 7.51. The highest BCUT2D eigenvalue weighted by molar-refractivity contribution is 5.01. The molecule has 1 aliphatic rings. The molecule has 3 atom stereocenters. The van der Waals surface area contributed by atoms with E-state index >= 15 is 0 Å². The van der Waals surface area contributed by atoms with Crippen molar-refractivity contribution in [2.45, 2.75) is 38.6 Å². The van der Waals surface area contributed by atoms with Gasteiger partial charge in [0.05, 0.1) is 0 Å². The fourth-order valence-corrected chi connectivity index (χ4v) is 1.96. The van der Waals surface area contributed by atoms with Gasteiger partial charge >= 0.3 is 0 Å². The minimum absolute atomic E-state index is 0.0752. The van der Waals surface area contributed by atoms with E-state index in [0.29, 0.717) is 5.92 Å². The number of aliphatic hydroxyl groups excluding tert-OH is 1. The van der Waals surface area contributed by atoms with E-state index in [-0.39, 0.29) is 12.1 Å². The van der Waals surface area contributed by atoms with Gasteiger partial charge < -0.3 is 10.8 Å². The Bertz CT molecular complexity index is 138. The molecule has 66 valence electrons. The third-order valence-electron chi connectivity index (χ3n) is 3.08. The van der Waals surface area contributed by atoms with E-state index < -0.39 is 0 Å². The monoisotopic (exact) mass is 157 g/mol. The zero-order chi connectivity index (χ0) is 8.48. The van der Waals surface area contributed by atoms with Crippen LogP contribution in [0.1, 0.15) is 33.1 Å². The van der Waals surface area contributed by atoms with Crippen LogP contribution in [0.2, 0.25) is 0 Å². The molecule has 0 amide bonds. The predicted octanol–water partition coefficient (Wildman–Crippen LogP) is 1.13. The molecule has 1 saturated carbocycles. The molecule has 0 saturated heterocycles. The van der Waals surface area contributed by atoms with E-state index in [4.69, 9.17) is 10.8 Å². The summed E-state index contributed by atoms with van der Waals surface area (Å²) in [5.41, 5.74) is 6.07. The van der Waals surface area contributed by atoms with E-state index in [1.807, 2.05) is 0 Å². The van der Waals surface area contributed by atoms with Gasteiger partial charge in [-0.1, -0.05) is 13.8 Å². The smallest absolute Gasteiger partial charge is 0.0448 e. The molecule has 1 rings (SSSR count). The third-order valence-corrected chi connectivity index (χ3v) is 3.08. The van der Waals surface area contributed by atoms with E-state index in [0.717, 1.165) is 18.8 Å². The van der Waals surface area contributed by atoms with E-state index in [1.54, 1.807) is 0 Å². The van der Waals surface area contributed by atoms with Gasteiger partial charge in [-0.25, -0.2) is 0 Å². The van der Waals surface area contributed by atoms with E-state index in [1.165, 1.54) is 6.42 Å². The average Bonchev–Trinajstić information content (AvgIpc) is 2.68. The van der Waals surface area contributed by atoms with Gasteiger partial charge in [0.2, 0.25) is 0 Å². The second-order valence-corrected chi connectivity index (χ2v) is 3.88. The first-order valence-electron chi connectivity index (χ1n) is 4.53. The van der Waals surface area contributed by atoms with Crippen LogP contribution in [-0.4, -0.2) is 17.3 Å². The van der Waals surface area contributed by atoms with Crippen molar-refractivity contribution in [1.29, 1.82) is 0 Å². The molecule has 0 heterocycles. The van der Waals surface area contributed by atoms with Gasteiger partial charge in [0.15, 0.2) is 0 Å². The van der Waals surface area contributed by atoms with Crippen molar-refractivity contribution in [3.63, 3.8) is 0 Å². The van der Waals surface area contributed by atoms with Gasteiger partial charge in [-0.3, -0.25) is 0 Å². The van der Waals surface area contributed by atoms with Gasteiger partial charge in [0.1, 0.15) is 0 Å². The molecule has 1 aliphatic carbocycles. The minimum atomic E-state index is -0.0752. The molecular formula is C9H19NO. The Morgan fingerprint density at radius 3 is 2.45 bits per heavy atom. The van der Waals surface area contributed by atoms with Crippen LogP contribution >= 0.6 is 0 Å². The molecule has 3 N–H and O–H groups in total. The Morgan fingerprint density at radius 2 is 2.18 bits per heavy atom. The fourth-order valence-electron chi connectivity index (χ4n) is 1.96. The molecule has 0 aromatic carbocycles. The number of aliphatic hydroxyl groups is 1. The number of hydrogen-bond donors (Lipinski definition) is 2. The van der Waals surface area contributed by atoms with Crippen molar-refractivity contribution in [3.8, 4) is 0 Å². The van der Waals surface area contributed by atoms with Crippen molar-refractivity contribution in [2.75, 3.05) is 6.61 Å². The van der Waals surface area contributed by atoms with Crippen LogP contribution in [0.25, 0.3) is 0 Å². The Kier molecular flexibility index (Phi) is 2.55. The van der Waals surface area contributed by atoms with Gasteiger partial charge in [0.25, 0.3) is 0 Å². The van der Waals surface area contributed by atoms with Crippen molar-refractivity contribution >= 4 is 0 Å². The lowest BCUT2D eigenvalue weighted by Crippen LogP contribution is -2.42. The summed E-state index contributed by atoms with van der Waals surface area (Å²) in [5.74, 6) is 1.45. The summed E-state index contributed by atoms with van der Waals surface area (Å²) in [6, 6.07) is 0. The minimum Gasteiger partial charge on any atom is -0.396 e. The lowest BCUT2D eigenvalue weighted by molar-refractivity contribution is 0.214. The summed E-state index contributed by atoms with van der Waals surface area (Å²) in [5, 5.41) is 8.82. The van der Waals surface area contributed by atoms with Crippen LogP contribution in [0.3, 0.4) is 0 Å². The Hall–Kier alpha value is -0.0800. The fraction of sp³-hybridized carbons (Fsp3) is 1.00. The maximum Gasteiger partial charge on any atom is 0.0448 e. The van der Waals surface area contributed by atoms with E-state index in [2.05, 4.69) is 13.8 Å². The summed E-state index contributed by atoms with van der Waals surface area (Å²) in [6.45, 7) is 4.58. The maximum absolute atomic E-state index is 8.82. The normalized spacial score (nSPS) is 34.9. The van der Waals surface area contributed by atoms with Crippen LogP contribution in [0.5, 0.6) is 0 Å². The second-order valence-electron chi connectivity index (χ2n) is 3.88. The molecule has 2 heteroatoms. The topological polar surface area (TPSA) is 46.2 Å². The lowest BCUT2D eigenvalue weighted by atomic mass is 9.87. The molecular weight excluding hydrogens is 138 g/mol. The number of rotatable bonds is 4. The molecule has 3 unspecified atom stereocenters. The van der Waals surface area contributed by atoms with Gasteiger partial charge in [-0.2, -0.15) is 0 Å². The average molecular weight is 157 g/mol. The van der Waals surface area contributed by atoms with Crippen LogP contribution < -0.4 is 5.73 Å². The molecule has 0 aromatic heterocycles. The van der Waals surface area contributed by atoms with Crippen molar-refractivity contribution in [3.05, 3.63) is 0 Å². The first-order chi connectivity index (χ1) is 5.14. The SMILES string of the molecule is CCC(N)(CCO)C1CC1C. The highest BCUT2D eigenvalue weighted by atomic mass is 16.3. The summed E-state index contributed by atoms with van der Waals surface area (Å²) in [6.07, 6.45) is 3.01. The Labute approximate surface area is 68.8 Å².